The monoisotopic (exact) mass is 579 g/mol. The number of anilines is 2. The van der Waals surface area contributed by atoms with Gasteiger partial charge >= 0.3 is 11.8 Å². The normalized spacial score (nSPS) is 19.9. The molecule has 0 spiro atoms. The van der Waals surface area contributed by atoms with Crippen molar-refractivity contribution >= 4 is 71.7 Å². The summed E-state index contributed by atoms with van der Waals surface area (Å²) in [5.74, 6) is -1.76. The van der Waals surface area contributed by atoms with Gasteiger partial charge in [-0.3, -0.25) is 14.4 Å². The number of likely N-dealkylation sites (N-methyl/N-ethyl adjacent to an activating group) is 1. The van der Waals surface area contributed by atoms with Crippen LogP contribution in [0.4, 0.5) is 10.9 Å². The highest BCUT2D eigenvalue weighted by molar-refractivity contribution is 7.30. The minimum absolute atomic E-state index is 0.210. The Bertz CT molecular complexity index is 1290. The molecule has 194 valence electrons. The Balaban J connectivity index is 1.28. The topological polar surface area (TPSA) is 145 Å². The Hall–Kier alpha value is -2.77. The van der Waals surface area contributed by atoms with Gasteiger partial charge in [0.25, 0.3) is 5.91 Å². The quantitative estimate of drug-likeness (QED) is 0.385. The molecule has 12 nitrogen and oxygen atoms in total. The van der Waals surface area contributed by atoms with E-state index in [0.717, 1.165) is 35.2 Å². The fourth-order valence-corrected chi connectivity index (χ4v) is 6.73. The summed E-state index contributed by atoms with van der Waals surface area (Å²) in [6, 6.07) is 2.12. The molecule has 0 radical (unpaired) electrons. The van der Waals surface area contributed by atoms with Crippen LogP contribution in [0.15, 0.2) is 18.3 Å². The number of aromatic nitrogens is 4. The molecule has 3 amide bonds. The molecule has 5 heterocycles. The molecule has 3 aromatic heterocycles. The number of carbonyl (C=O) groups is 3. The third-order valence-electron chi connectivity index (χ3n) is 6.10. The van der Waals surface area contributed by atoms with Crippen molar-refractivity contribution in [1.82, 2.24) is 34.4 Å². The molecule has 2 atom stereocenters. The molecule has 1 saturated heterocycles. The van der Waals surface area contributed by atoms with Gasteiger partial charge in [0.1, 0.15) is 5.82 Å². The Morgan fingerprint density at radius 3 is 2.78 bits per heavy atom. The SMILES string of the molecule is CN1CCc2nc(C(=O)N[C@@H]3CN(c4npns4)CC[C@@H]3NC(=O)C(=O)Nc3ccc(Cl)cn3)sc2C1. The van der Waals surface area contributed by atoms with Gasteiger partial charge in [0.2, 0.25) is 5.13 Å². The Morgan fingerprint density at radius 2 is 2.03 bits per heavy atom. The molecule has 3 aromatic rings. The number of halogens is 1. The molecular weight excluding hydrogens is 557 g/mol. The van der Waals surface area contributed by atoms with Crippen LogP contribution in [-0.4, -0.2) is 80.2 Å². The smallest absolute Gasteiger partial charge is 0.314 e. The molecule has 1 fully saturated rings. The van der Waals surface area contributed by atoms with Crippen molar-refractivity contribution in [2.24, 2.45) is 0 Å². The van der Waals surface area contributed by atoms with E-state index in [-0.39, 0.29) is 11.7 Å². The molecule has 2 aliphatic rings. The maximum absolute atomic E-state index is 13.2. The van der Waals surface area contributed by atoms with E-state index in [0.29, 0.717) is 38.1 Å². The van der Waals surface area contributed by atoms with E-state index in [1.165, 1.54) is 35.1 Å². The molecule has 3 N–H and O–H groups in total. The van der Waals surface area contributed by atoms with Gasteiger partial charge in [-0.25, -0.2) is 9.97 Å². The first-order valence-electron chi connectivity index (χ1n) is 11.5. The molecule has 0 aliphatic carbocycles. The number of fused-ring (bicyclic) bond motifs is 1. The zero-order chi connectivity index (χ0) is 25.9. The highest BCUT2D eigenvalue weighted by Crippen LogP contribution is 2.26. The molecule has 2 aliphatic heterocycles. The van der Waals surface area contributed by atoms with E-state index in [1.54, 1.807) is 6.07 Å². The first-order chi connectivity index (χ1) is 17.9. The van der Waals surface area contributed by atoms with Crippen LogP contribution in [0, 0.1) is 0 Å². The van der Waals surface area contributed by atoms with Gasteiger partial charge in [0.15, 0.2) is 13.5 Å². The molecule has 0 aromatic carbocycles. The maximum atomic E-state index is 13.2. The number of piperidine rings is 1. The van der Waals surface area contributed by atoms with E-state index in [4.69, 9.17) is 11.6 Å². The van der Waals surface area contributed by atoms with Crippen LogP contribution in [0.1, 0.15) is 26.8 Å². The van der Waals surface area contributed by atoms with E-state index in [9.17, 15) is 14.4 Å². The molecule has 5 rings (SSSR count). The summed E-state index contributed by atoms with van der Waals surface area (Å²) in [6.07, 6.45) is 2.68. The van der Waals surface area contributed by atoms with Crippen LogP contribution >= 0.6 is 43.0 Å². The highest BCUT2D eigenvalue weighted by atomic mass is 35.5. The van der Waals surface area contributed by atoms with Gasteiger partial charge < -0.3 is 25.8 Å². The summed E-state index contributed by atoms with van der Waals surface area (Å²) in [7, 11) is 2.68. The second-order valence-electron chi connectivity index (χ2n) is 8.73. The zero-order valence-electron chi connectivity index (χ0n) is 19.7. The van der Waals surface area contributed by atoms with Crippen molar-refractivity contribution in [1.29, 1.82) is 0 Å². The van der Waals surface area contributed by atoms with Crippen LogP contribution in [0.5, 0.6) is 0 Å². The lowest BCUT2D eigenvalue weighted by atomic mass is 9.99. The highest BCUT2D eigenvalue weighted by Gasteiger charge is 2.35. The average molecular weight is 580 g/mol. The number of nitrogens with zero attached hydrogens (tertiary/aromatic N) is 6. The fourth-order valence-electron chi connectivity index (χ4n) is 4.20. The third kappa shape index (κ3) is 6.21. The van der Waals surface area contributed by atoms with Crippen LogP contribution < -0.4 is 20.9 Å². The summed E-state index contributed by atoms with van der Waals surface area (Å²) in [6.45, 7) is 2.67. The first-order valence-corrected chi connectivity index (χ1v) is 14.2. The summed E-state index contributed by atoms with van der Waals surface area (Å²) in [5, 5.41) is 9.86. The average Bonchev–Trinajstić information content (AvgIpc) is 3.56. The second kappa shape index (κ2) is 11.3. The minimum atomic E-state index is -0.854. The van der Waals surface area contributed by atoms with Crippen LogP contribution in [0.3, 0.4) is 0 Å². The lowest BCUT2D eigenvalue weighted by Gasteiger charge is -2.38. The summed E-state index contributed by atoms with van der Waals surface area (Å²) < 4.78 is 8.52. The van der Waals surface area contributed by atoms with Gasteiger partial charge in [-0.2, -0.15) is 4.75 Å². The first kappa shape index (κ1) is 25.9. The number of hydrogen-bond donors (Lipinski definition) is 3. The van der Waals surface area contributed by atoms with E-state index < -0.39 is 23.9 Å². The number of pyridine rings is 1. The van der Waals surface area contributed by atoms with E-state index in [1.807, 2.05) is 11.9 Å². The zero-order valence-corrected chi connectivity index (χ0v) is 23.0. The maximum Gasteiger partial charge on any atom is 0.314 e. The second-order valence-corrected chi connectivity index (χ2v) is 11.8. The molecule has 0 saturated carbocycles. The van der Waals surface area contributed by atoms with Gasteiger partial charge in [0.05, 0.1) is 22.8 Å². The number of hydrogen-bond acceptors (Lipinski definition) is 11. The van der Waals surface area contributed by atoms with E-state index in [2.05, 4.69) is 39.7 Å². The predicted molar refractivity (Wildman–Crippen MR) is 142 cm³/mol. The van der Waals surface area contributed by atoms with Gasteiger partial charge in [-0.15, -0.1) is 15.5 Å². The minimum Gasteiger partial charge on any atom is -0.344 e. The van der Waals surface area contributed by atoms with Crippen molar-refractivity contribution in [2.75, 3.05) is 36.9 Å². The summed E-state index contributed by atoms with van der Waals surface area (Å²) in [4.78, 5) is 52.3. The number of amides is 3. The Morgan fingerprint density at radius 1 is 1.16 bits per heavy atom. The largest absolute Gasteiger partial charge is 0.344 e. The Kier molecular flexibility index (Phi) is 7.91. The van der Waals surface area contributed by atoms with Gasteiger partial charge in [-0.05, 0) is 25.6 Å². The molecule has 0 bridgehead atoms. The Labute approximate surface area is 227 Å². The van der Waals surface area contributed by atoms with Crippen molar-refractivity contribution < 1.29 is 14.4 Å². The van der Waals surface area contributed by atoms with Crippen molar-refractivity contribution in [3.63, 3.8) is 0 Å². The molecule has 0 unspecified atom stereocenters. The number of rotatable bonds is 5. The number of thiazole rings is 1. The lowest BCUT2D eigenvalue weighted by molar-refractivity contribution is -0.136. The van der Waals surface area contributed by atoms with Crippen molar-refractivity contribution in [3.05, 3.63) is 38.9 Å². The summed E-state index contributed by atoms with van der Waals surface area (Å²) >= 11 is 8.52. The van der Waals surface area contributed by atoms with Crippen LogP contribution in [-0.2, 0) is 22.6 Å². The van der Waals surface area contributed by atoms with Crippen LogP contribution in [0.2, 0.25) is 5.02 Å². The number of nitrogens with one attached hydrogen (secondary N) is 3. The van der Waals surface area contributed by atoms with E-state index >= 15 is 0 Å². The third-order valence-corrected chi connectivity index (χ3v) is 8.95. The molecule has 16 heteroatoms. The fraction of sp³-hybridized carbons (Fsp3) is 0.429. The molecular formula is C21H23ClN9O3PS2. The van der Waals surface area contributed by atoms with Crippen molar-refractivity contribution in [3.8, 4) is 0 Å². The predicted octanol–water partition coefficient (Wildman–Crippen LogP) is 1.74. The van der Waals surface area contributed by atoms with Crippen LogP contribution in [0.25, 0.3) is 0 Å². The summed E-state index contributed by atoms with van der Waals surface area (Å²) in [5.41, 5.74) is 0.966. The molecule has 37 heavy (non-hydrogen) atoms. The lowest BCUT2D eigenvalue weighted by Crippen LogP contribution is -2.61. The van der Waals surface area contributed by atoms with Gasteiger partial charge in [-0.1, -0.05) is 11.6 Å². The van der Waals surface area contributed by atoms with Crippen molar-refractivity contribution in [2.45, 2.75) is 31.5 Å². The van der Waals surface area contributed by atoms with Gasteiger partial charge in [0, 0.05) is 55.2 Å². The standard InChI is InChI=1S/C21H23ClN9O3PS2/c1-30-6-4-13-15(10-30)36-20(26-13)19(34)25-14-9-31(21-28-35-29-37-21)7-5-12(14)24-17(32)18(33)27-16-3-2-11(22)8-23-16/h2-3,8,12,14H,4-7,9-10H2,1H3,(H,24,32)(H,25,34)(H,23,27,33)/t12-,14+/m0/s1. The number of carbonyl (C=O) groups excluding carboxylic acids is 3.